The highest BCUT2D eigenvalue weighted by Crippen LogP contribution is 2.21. The molecule has 6 nitrogen and oxygen atoms in total. The van der Waals surface area contributed by atoms with Crippen LogP contribution in [-0.4, -0.2) is 47.0 Å². The number of methoxy groups -OCH3 is 2. The second-order valence-corrected chi connectivity index (χ2v) is 6.80. The van der Waals surface area contributed by atoms with Crippen molar-refractivity contribution in [3.8, 4) is 11.5 Å². The van der Waals surface area contributed by atoms with Crippen LogP contribution in [0.4, 0.5) is 0 Å². The van der Waals surface area contributed by atoms with Crippen LogP contribution in [0.1, 0.15) is 30.4 Å². The summed E-state index contributed by atoms with van der Waals surface area (Å²) in [5.74, 6) is 2.99. The van der Waals surface area contributed by atoms with Gasteiger partial charge in [-0.15, -0.1) is 0 Å². The summed E-state index contributed by atoms with van der Waals surface area (Å²) in [7, 11) is 5.14. The lowest BCUT2D eigenvalue weighted by Gasteiger charge is -2.16. The van der Waals surface area contributed by atoms with E-state index in [1.807, 2.05) is 36.4 Å². The molecule has 0 heterocycles. The molecule has 6 heteroatoms. The van der Waals surface area contributed by atoms with Gasteiger partial charge in [0, 0.05) is 27.2 Å². The molecule has 1 unspecified atom stereocenters. The van der Waals surface area contributed by atoms with Crippen molar-refractivity contribution in [1.82, 2.24) is 10.6 Å². The van der Waals surface area contributed by atoms with Crippen LogP contribution in [0.5, 0.6) is 11.5 Å². The van der Waals surface area contributed by atoms with Crippen molar-refractivity contribution in [2.45, 2.75) is 25.8 Å². The Morgan fingerprint density at radius 1 is 0.931 bits per heavy atom. The molecule has 0 fully saturated rings. The highest BCUT2D eigenvalue weighted by molar-refractivity contribution is 5.79. The second kappa shape index (κ2) is 12.7. The fraction of sp³-hybridized carbons (Fsp3) is 0.435. The Morgan fingerprint density at radius 3 is 2.24 bits per heavy atom. The van der Waals surface area contributed by atoms with Gasteiger partial charge in [0.25, 0.3) is 0 Å². The molecular formula is C23H33N3O3. The zero-order valence-electron chi connectivity index (χ0n) is 17.9. The molecule has 2 rings (SSSR count). The van der Waals surface area contributed by atoms with Crippen molar-refractivity contribution in [2.24, 2.45) is 4.99 Å². The molecule has 29 heavy (non-hydrogen) atoms. The van der Waals surface area contributed by atoms with E-state index in [-0.39, 0.29) is 0 Å². The summed E-state index contributed by atoms with van der Waals surface area (Å²) in [5.41, 5.74) is 2.47. The minimum Gasteiger partial charge on any atom is -0.497 e. The standard InChI is InChI=1S/C23H33N3O3/c1-18(20-7-11-21(28-4)12-8-20)13-14-25-23(24-2)26-17-19-5-9-22(10-6-19)29-16-15-27-3/h5-12,18H,13-17H2,1-4H3,(H2,24,25,26). The molecule has 0 aliphatic carbocycles. The molecule has 0 aliphatic heterocycles. The van der Waals surface area contributed by atoms with Gasteiger partial charge in [0.15, 0.2) is 5.96 Å². The molecule has 0 radical (unpaired) electrons. The lowest BCUT2D eigenvalue weighted by molar-refractivity contribution is 0.146. The van der Waals surface area contributed by atoms with E-state index in [0.717, 1.165) is 30.4 Å². The van der Waals surface area contributed by atoms with Gasteiger partial charge in [-0.3, -0.25) is 4.99 Å². The average Bonchev–Trinajstić information content (AvgIpc) is 2.77. The number of ether oxygens (including phenoxy) is 3. The third kappa shape index (κ3) is 8.03. The lowest BCUT2D eigenvalue weighted by Crippen LogP contribution is -2.37. The van der Waals surface area contributed by atoms with E-state index in [2.05, 4.69) is 34.7 Å². The summed E-state index contributed by atoms with van der Waals surface area (Å²) in [6.45, 7) is 4.92. The summed E-state index contributed by atoms with van der Waals surface area (Å²) in [6.07, 6.45) is 1.01. The predicted octanol–water partition coefficient (Wildman–Crippen LogP) is 3.58. The van der Waals surface area contributed by atoms with Crippen molar-refractivity contribution < 1.29 is 14.2 Å². The second-order valence-electron chi connectivity index (χ2n) is 6.80. The van der Waals surface area contributed by atoms with E-state index >= 15 is 0 Å². The first-order valence-electron chi connectivity index (χ1n) is 9.95. The number of nitrogens with zero attached hydrogens (tertiary/aromatic N) is 1. The summed E-state index contributed by atoms with van der Waals surface area (Å²) in [6, 6.07) is 16.3. The Bertz CT molecular complexity index is 730. The van der Waals surface area contributed by atoms with Gasteiger partial charge in [-0.25, -0.2) is 0 Å². The monoisotopic (exact) mass is 399 g/mol. The van der Waals surface area contributed by atoms with Gasteiger partial charge in [0.2, 0.25) is 0 Å². The highest BCUT2D eigenvalue weighted by Gasteiger charge is 2.06. The molecule has 0 saturated carbocycles. The largest absolute Gasteiger partial charge is 0.497 e. The normalized spacial score (nSPS) is 12.3. The van der Waals surface area contributed by atoms with Gasteiger partial charge < -0.3 is 24.8 Å². The van der Waals surface area contributed by atoms with Crippen LogP contribution in [0.2, 0.25) is 0 Å². The molecular weight excluding hydrogens is 366 g/mol. The Labute approximate surface area is 174 Å². The first kappa shape index (κ1) is 22.6. The van der Waals surface area contributed by atoms with Crippen molar-refractivity contribution in [3.63, 3.8) is 0 Å². The number of aliphatic imine (C=N–C) groups is 1. The third-order valence-corrected chi connectivity index (χ3v) is 4.72. The molecule has 2 N–H and O–H groups in total. The summed E-state index contributed by atoms with van der Waals surface area (Å²) in [4.78, 5) is 4.30. The molecule has 2 aromatic rings. The fourth-order valence-electron chi connectivity index (χ4n) is 2.86. The van der Waals surface area contributed by atoms with Crippen LogP contribution in [0, 0.1) is 0 Å². The molecule has 0 spiro atoms. The van der Waals surface area contributed by atoms with E-state index in [4.69, 9.17) is 14.2 Å². The van der Waals surface area contributed by atoms with Crippen LogP contribution in [-0.2, 0) is 11.3 Å². The summed E-state index contributed by atoms with van der Waals surface area (Å²) >= 11 is 0. The van der Waals surface area contributed by atoms with Gasteiger partial charge in [0.1, 0.15) is 18.1 Å². The van der Waals surface area contributed by atoms with Crippen LogP contribution >= 0.6 is 0 Å². The Hall–Kier alpha value is -2.73. The maximum absolute atomic E-state index is 5.58. The fourth-order valence-corrected chi connectivity index (χ4v) is 2.86. The first-order valence-corrected chi connectivity index (χ1v) is 9.95. The summed E-state index contributed by atoms with van der Waals surface area (Å²) < 4.78 is 15.8. The third-order valence-electron chi connectivity index (χ3n) is 4.72. The van der Waals surface area contributed by atoms with E-state index in [9.17, 15) is 0 Å². The summed E-state index contributed by atoms with van der Waals surface area (Å²) in [5, 5.41) is 6.73. The van der Waals surface area contributed by atoms with Crippen molar-refractivity contribution >= 4 is 5.96 Å². The highest BCUT2D eigenvalue weighted by atomic mass is 16.5. The average molecular weight is 400 g/mol. The lowest BCUT2D eigenvalue weighted by atomic mass is 9.98. The zero-order chi connectivity index (χ0) is 20.9. The van der Waals surface area contributed by atoms with E-state index in [1.54, 1.807) is 21.3 Å². The Balaban J connectivity index is 1.71. The smallest absolute Gasteiger partial charge is 0.191 e. The van der Waals surface area contributed by atoms with Crippen molar-refractivity contribution in [3.05, 3.63) is 59.7 Å². The minimum atomic E-state index is 0.456. The number of rotatable bonds is 11. The van der Waals surface area contributed by atoms with E-state index in [1.165, 1.54) is 11.1 Å². The predicted molar refractivity (Wildman–Crippen MR) is 118 cm³/mol. The number of hydrogen-bond donors (Lipinski definition) is 2. The molecule has 1 atom stereocenters. The van der Waals surface area contributed by atoms with Gasteiger partial charge >= 0.3 is 0 Å². The molecule has 158 valence electrons. The van der Waals surface area contributed by atoms with Crippen molar-refractivity contribution in [2.75, 3.05) is 41.0 Å². The quantitative estimate of drug-likeness (QED) is 0.344. The van der Waals surface area contributed by atoms with Crippen LogP contribution in [0.25, 0.3) is 0 Å². The van der Waals surface area contributed by atoms with Crippen molar-refractivity contribution in [1.29, 1.82) is 0 Å². The Morgan fingerprint density at radius 2 is 1.62 bits per heavy atom. The number of hydrogen-bond acceptors (Lipinski definition) is 4. The molecule has 0 bridgehead atoms. The number of guanidine groups is 1. The maximum atomic E-state index is 5.58. The van der Waals surface area contributed by atoms with Gasteiger partial charge in [-0.1, -0.05) is 31.2 Å². The van der Waals surface area contributed by atoms with E-state index in [0.29, 0.717) is 25.7 Å². The van der Waals surface area contributed by atoms with Gasteiger partial charge in [-0.05, 0) is 47.7 Å². The zero-order valence-corrected chi connectivity index (χ0v) is 17.9. The molecule has 0 aliphatic rings. The Kier molecular flexibility index (Phi) is 9.86. The first-order chi connectivity index (χ1) is 14.2. The molecule has 0 amide bonds. The van der Waals surface area contributed by atoms with Crippen LogP contribution in [0.3, 0.4) is 0 Å². The number of nitrogens with one attached hydrogen (secondary N) is 2. The molecule has 0 saturated heterocycles. The number of benzene rings is 2. The SMILES string of the molecule is CN=C(NCCC(C)c1ccc(OC)cc1)NCc1ccc(OCCOC)cc1. The molecule has 2 aromatic carbocycles. The van der Waals surface area contributed by atoms with E-state index < -0.39 is 0 Å². The van der Waals surface area contributed by atoms with Gasteiger partial charge in [-0.2, -0.15) is 0 Å². The van der Waals surface area contributed by atoms with Crippen LogP contribution in [0.15, 0.2) is 53.5 Å². The topological polar surface area (TPSA) is 64.1 Å². The van der Waals surface area contributed by atoms with Crippen LogP contribution < -0.4 is 20.1 Å². The maximum Gasteiger partial charge on any atom is 0.191 e. The minimum absolute atomic E-state index is 0.456. The van der Waals surface area contributed by atoms with Gasteiger partial charge in [0.05, 0.1) is 13.7 Å². The molecule has 0 aromatic heterocycles.